The molecule has 0 saturated carbocycles. The van der Waals surface area contributed by atoms with Gasteiger partial charge in [-0.05, 0) is 51.0 Å². The van der Waals surface area contributed by atoms with Crippen molar-refractivity contribution in [3.8, 4) is 5.88 Å². The predicted molar refractivity (Wildman–Crippen MR) is 89.8 cm³/mol. The highest BCUT2D eigenvalue weighted by Crippen LogP contribution is 2.29. The number of pyridine rings is 1. The molecule has 2 N–H and O–H groups in total. The van der Waals surface area contributed by atoms with E-state index in [2.05, 4.69) is 36.2 Å². The first-order chi connectivity index (χ1) is 9.85. The van der Waals surface area contributed by atoms with Crippen molar-refractivity contribution in [2.24, 2.45) is 0 Å². The molecule has 2 aromatic rings. The molecule has 21 heavy (non-hydrogen) atoms. The highest BCUT2D eigenvalue weighted by molar-refractivity contribution is 7.98. The molecule has 0 fully saturated rings. The molecule has 0 aliphatic carbocycles. The first-order valence-corrected chi connectivity index (χ1v) is 7.96. The number of aryl methyl sites for hydroxylation is 1. The molecular weight excluding hydrogens is 280 g/mol. The van der Waals surface area contributed by atoms with Crippen LogP contribution < -0.4 is 10.5 Å². The molecule has 0 aliphatic rings. The average molecular weight is 302 g/mol. The smallest absolute Gasteiger partial charge is 0.238 e. The van der Waals surface area contributed by atoms with E-state index in [9.17, 15) is 0 Å². The summed E-state index contributed by atoms with van der Waals surface area (Å²) in [7, 11) is 0. The molecule has 1 aromatic carbocycles. The number of nitrogens with zero attached hydrogens (tertiary/aromatic N) is 1. The van der Waals surface area contributed by atoms with E-state index in [1.165, 1.54) is 11.1 Å². The second-order valence-electron chi connectivity index (χ2n) is 5.97. The van der Waals surface area contributed by atoms with Crippen molar-refractivity contribution in [1.29, 1.82) is 0 Å². The van der Waals surface area contributed by atoms with Gasteiger partial charge in [0.05, 0.1) is 5.69 Å². The quantitative estimate of drug-likeness (QED) is 0.848. The van der Waals surface area contributed by atoms with E-state index in [1.54, 1.807) is 11.8 Å². The lowest BCUT2D eigenvalue weighted by Gasteiger charge is -2.21. The number of rotatable bonds is 4. The van der Waals surface area contributed by atoms with Crippen molar-refractivity contribution >= 4 is 17.4 Å². The summed E-state index contributed by atoms with van der Waals surface area (Å²) < 4.78 is 5.80. The molecular formula is C17H22N2OS. The third-order valence-corrected chi connectivity index (χ3v) is 3.88. The number of hydrogen-bond acceptors (Lipinski definition) is 4. The second-order valence-corrected chi connectivity index (χ2v) is 6.97. The highest BCUT2D eigenvalue weighted by Gasteiger charge is 2.15. The second kappa shape index (κ2) is 6.39. The van der Waals surface area contributed by atoms with Gasteiger partial charge in [0.25, 0.3) is 0 Å². The van der Waals surface area contributed by atoms with Gasteiger partial charge in [-0.3, -0.25) is 0 Å². The number of benzene rings is 1. The summed E-state index contributed by atoms with van der Waals surface area (Å²) in [5, 5.41) is 0.923. The van der Waals surface area contributed by atoms with Crippen molar-refractivity contribution in [3.63, 3.8) is 0 Å². The molecule has 1 aromatic heterocycles. The summed E-state index contributed by atoms with van der Waals surface area (Å²) in [6.07, 6.45) is 0. The zero-order valence-corrected chi connectivity index (χ0v) is 13.8. The monoisotopic (exact) mass is 302 g/mol. The third-order valence-electron chi connectivity index (χ3n) is 2.90. The van der Waals surface area contributed by atoms with Crippen LogP contribution in [0.15, 0.2) is 41.4 Å². The van der Waals surface area contributed by atoms with Crippen molar-refractivity contribution in [2.75, 3.05) is 5.73 Å². The van der Waals surface area contributed by atoms with E-state index in [4.69, 9.17) is 10.5 Å². The summed E-state index contributed by atoms with van der Waals surface area (Å²) >= 11 is 1.69. The van der Waals surface area contributed by atoms with Crippen LogP contribution in [0.1, 0.15) is 31.9 Å². The lowest BCUT2D eigenvalue weighted by atomic mass is 10.1. The van der Waals surface area contributed by atoms with Gasteiger partial charge in [0, 0.05) is 5.75 Å². The van der Waals surface area contributed by atoms with E-state index in [-0.39, 0.29) is 5.60 Å². The van der Waals surface area contributed by atoms with Gasteiger partial charge in [-0.25, -0.2) is 4.98 Å². The Morgan fingerprint density at radius 3 is 2.52 bits per heavy atom. The van der Waals surface area contributed by atoms with Gasteiger partial charge in [-0.2, -0.15) is 0 Å². The normalized spacial score (nSPS) is 11.4. The minimum atomic E-state index is -0.305. The number of nitrogen functional groups attached to an aromatic ring is 1. The number of aromatic nitrogens is 1. The lowest BCUT2D eigenvalue weighted by Crippen LogP contribution is -2.24. The molecule has 3 nitrogen and oxygen atoms in total. The summed E-state index contributed by atoms with van der Waals surface area (Å²) in [6.45, 7) is 8.09. The maximum atomic E-state index is 5.93. The Morgan fingerprint density at radius 1 is 1.14 bits per heavy atom. The predicted octanol–water partition coefficient (Wildman–Crippen LogP) is 4.44. The standard InChI is InChI=1S/C17H22N2OS/c1-12-7-5-6-8-13(12)11-21-15-10-9-14(18)16(19-15)20-17(2,3)4/h5-10H,11,18H2,1-4H3. The molecule has 2 rings (SSSR count). The molecule has 4 heteroatoms. The SMILES string of the molecule is Cc1ccccc1CSc1ccc(N)c(OC(C)(C)C)n1. The van der Waals surface area contributed by atoms with Gasteiger partial charge < -0.3 is 10.5 Å². The van der Waals surface area contributed by atoms with Crippen LogP contribution in [0.5, 0.6) is 5.88 Å². The Bertz CT molecular complexity index is 620. The zero-order chi connectivity index (χ0) is 15.5. The number of ether oxygens (including phenoxy) is 1. The molecule has 0 bridgehead atoms. The fraction of sp³-hybridized carbons (Fsp3) is 0.353. The first kappa shape index (κ1) is 15.7. The molecule has 0 atom stereocenters. The fourth-order valence-corrected chi connectivity index (χ4v) is 2.75. The summed E-state index contributed by atoms with van der Waals surface area (Å²) in [5.41, 5.74) is 8.82. The minimum Gasteiger partial charge on any atom is -0.470 e. The maximum Gasteiger partial charge on any atom is 0.238 e. The number of nitrogens with two attached hydrogens (primary N) is 1. The van der Waals surface area contributed by atoms with Crippen LogP contribution in [0.3, 0.4) is 0 Å². The molecule has 0 unspecified atom stereocenters. The molecule has 0 saturated heterocycles. The molecule has 0 spiro atoms. The summed E-state index contributed by atoms with van der Waals surface area (Å²) in [5.74, 6) is 1.40. The van der Waals surface area contributed by atoms with Gasteiger partial charge >= 0.3 is 0 Å². The van der Waals surface area contributed by atoms with E-state index in [1.807, 2.05) is 32.9 Å². The minimum absolute atomic E-state index is 0.305. The molecule has 0 amide bonds. The van der Waals surface area contributed by atoms with Crippen LogP contribution in [0.25, 0.3) is 0 Å². The van der Waals surface area contributed by atoms with E-state index in [0.717, 1.165) is 10.8 Å². The van der Waals surface area contributed by atoms with Gasteiger partial charge in [-0.1, -0.05) is 24.3 Å². The third kappa shape index (κ3) is 4.67. The van der Waals surface area contributed by atoms with Gasteiger partial charge in [0.1, 0.15) is 10.6 Å². The van der Waals surface area contributed by atoms with Crippen LogP contribution in [-0.2, 0) is 5.75 Å². The highest BCUT2D eigenvalue weighted by atomic mass is 32.2. The Hall–Kier alpha value is -1.68. The van der Waals surface area contributed by atoms with Crippen LogP contribution in [0.2, 0.25) is 0 Å². The Kier molecular flexibility index (Phi) is 4.78. The number of anilines is 1. The molecule has 112 valence electrons. The van der Waals surface area contributed by atoms with Crippen LogP contribution in [-0.4, -0.2) is 10.6 Å². The van der Waals surface area contributed by atoms with Crippen molar-refractivity contribution < 1.29 is 4.74 Å². The van der Waals surface area contributed by atoms with E-state index in [0.29, 0.717) is 11.6 Å². The fourth-order valence-electron chi connectivity index (χ4n) is 1.81. The van der Waals surface area contributed by atoms with Crippen LogP contribution in [0.4, 0.5) is 5.69 Å². The Balaban J connectivity index is 2.11. The van der Waals surface area contributed by atoms with E-state index < -0.39 is 0 Å². The number of thioether (sulfide) groups is 1. The van der Waals surface area contributed by atoms with E-state index >= 15 is 0 Å². The van der Waals surface area contributed by atoms with Crippen molar-refractivity contribution in [2.45, 2.75) is 44.1 Å². The Morgan fingerprint density at radius 2 is 1.86 bits per heavy atom. The van der Waals surface area contributed by atoms with Crippen molar-refractivity contribution in [1.82, 2.24) is 4.98 Å². The summed E-state index contributed by atoms with van der Waals surface area (Å²) in [4.78, 5) is 4.52. The zero-order valence-electron chi connectivity index (χ0n) is 13.0. The Labute approximate surface area is 130 Å². The topological polar surface area (TPSA) is 48.1 Å². The maximum absolute atomic E-state index is 5.93. The number of hydrogen-bond donors (Lipinski definition) is 1. The first-order valence-electron chi connectivity index (χ1n) is 6.98. The van der Waals surface area contributed by atoms with Crippen LogP contribution in [0, 0.1) is 6.92 Å². The van der Waals surface area contributed by atoms with Gasteiger partial charge in [-0.15, -0.1) is 11.8 Å². The van der Waals surface area contributed by atoms with Gasteiger partial charge in [0.2, 0.25) is 5.88 Å². The average Bonchev–Trinajstić information content (AvgIpc) is 2.39. The van der Waals surface area contributed by atoms with Crippen molar-refractivity contribution in [3.05, 3.63) is 47.5 Å². The summed E-state index contributed by atoms with van der Waals surface area (Å²) in [6, 6.07) is 12.2. The molecule has 0 radical (unpaired) electrons. The molecule has 0 aliphatic heterocycles. The van der Waals surface area contributed by atoms with Crippen LogP contribution >= 0.6 is 11.8 Å². The van der Waals surface area contributed by atoms with Gasteiger partial charge in [0.15, 0.2) is 0 Å². The lowest BCUT2D eigenvalue weighted by molar-refractivity contribution is 0.124. The molecule has 1 heterocycles. The largest absolute Gasteiger partial charge is 0.470 e.